The number of carbonyl (C=O) groups is 1. The summed E-state index contributed by atoms with van der Waals surface area (Å²) in [6.45, 7) is 1.78. The van der Waals surface area contributed by atoms with Crippen LogP contribution in [-0.2, 0) is 11.2 Å². The zero-order valence-electron chi connectivity index (χ0n) is 13.4. The van der Waals surface area contributed by atoms with Crippen LogP contribution in [0.2, 0.25) is 0 Å². The smallest absolute Gasteiger partial charge is 0.226 e. The second kappa shape index (κ2) is 7.27. The molecular formula is C17H17N3O3S. The molecule has 0 aliphatic rings. The van der Waals surface area contributed by atoms with E-state index >= 15 is 0 Å². The predicted octanol–water partition coefficient (Wildman–Crippen LogP) is 3.69. The van der Waals surface area contributed by atoms with Gasteiger partial charge in [-0.25, -0.2) is 4.98 Å². The van der Waals surface area contributed by atoms with Crippen LogP contribution >= 0.6 is 11.3 Å². The number of methoxy groups -OCH3 is 1. The Morgan fingerprint density at radius 2 is 2.21 bits per heavy atom. The molecule has 24 heavy (non-hydrogen) atoms. The van der Waals surface area contributed by atoms with E-state index in [1.54, 1.807) is 31.4 Å². The van der Waals surface area contributed by atoms with Gasteiger partial charge in [-0.05, 0) is 25.5 Å². The van der Waals surface area contributed by atoms with E-state index in [1.807, 2.05) is 29.6 Å². The molecule has 0 fully saturated rings. The summed E-state index contributed by atoms with van der Waals surface area (Å²) in [7, 11) is 1.64. The van der Waals surface area contributed by atoms with Crippen molar-refractivity contribution in [3.8, 4) is 16.3 Å². The molecule has 0 aliphatic heterocycles. The Morgan fingerprint density at radius 3 is 2.96 bits per heavy atom. The zero-order chi connectivity index (χ0) is 16.9. The van der Waals surface area contributed by atoms with Gasteiger partial charge in [-0.1, -0.05) is 17.3 Å². The van der Waals surface area contributed by atoms with Gasteiger partial charge in [-0.2, -0.15) is 0 Å². The van der Waals surface area contributed by atoms with Crippen molar-refractivity contribution in [2.75, 3.05) is 12.4 Å². The minimum absolute atomic E-state index is 0.116. The second-order valence-corrected chi connectivity index (χ2v) is 6.07. The van der Waals surface area contributed by atoms with E-state index in [0.717, 1.165) is 22.0 Å². The molecule has 1 amide bonds. The summed E-state index contributed by atoms with van der Waals surface area (Å²) in [4.78, 5) is 16.5. The first-order valence-electron chi connectivity index (χ1n) is 7.46. The molecule has 0 atom stereocenters. The Balaban J connectivity index is 1.61. The van der Waals surface area contributed by atoms with Crippen molar-refractivity contribution in [2.24, 2.45) is 0 Å². The number of hydrogen-bond donors (Lipinski definition) is 1. The number of amides is 1. The zero-order valence-corrected chi connectivity index (χ0v) is 14.2. The van der Waals surface area contributed by atoms with E-state index in [0.29, 0.717) is 24.4 Å². The highest BCUT2D eigenvalue weighted by Crippen LogP contribution is 2.32. The van der Waals surface area contributed by atoms with Crippen molar-refractivity contribution in [3.63, 3.8) is 0 Å². The van der Waals surface area contributed by atoms with Crippen LogP contribution in [0.1, 0.15) is 17.9 Å². The van der Waals surface area contributed by atoms with Gasteiger partial charge in [-0.3, -0.25) is 4.79 Å². The van der Waals surface area contributed by atoms with Crippen LogP contribution < -0.4 is 10.1 Å². The van der Waals surface area contributed by atoms with Crippen LogP contribution in [0.25, 0.3) is 10.6 Å². The van der Waals surface area contributed by atoms with Crippen LogP contribution in [0, 0.1) is 6.92 Å². The van der Waals surface area contributed by atoms with Gasteiger partial charge in [0.05, 0.1) is 18.4 Å². The normalized spacial score (nSPS) is 10.6. The molecule has 0 saturated heterocycles. The molecule has 2 aromatic heterocycles. The summed E-state index contributed by atoms with van der Waals surface area (Å²) in [6, 6.07) is 9.43. The van der Waals surface area contributed by atoms with E-state index in [9.17, 15) is 4.79 Å². The van der Waals surface area contributed by atoms with Crippen LogP contribution in [0.15, 0.2) is 40.2 Å². The van der Waals surface area contributed by atoms with E-state index in [-0.39, 0.29) is 5.91 Å². The summed E-state index contributed by atoms with van der Waals surface area (Å²) in [5.41, 5.74) is 1.84. The number of para-hydroxylation sites is 1. The fourth-order valence-electron chi connectivity index (χ4n) is 2.24. The first-order valence-corrected chi connectivity index (χ1v) is 8.34. The first-order chi connectivity index (χ1) is 11.7. The minimum Gasteiger partial charge on any atom is -0.496 e. The number of benzene rings is 1. The summed E-state index contributed by atoms with van der Waals surface area (Å²) >= 11 is 1.54. The van der Waals surface area contributed by atoms with Crippen LogP contribution in [0.3, 0.4) is 0 Å². The highest BCUT2D eigenvalue weighted by molar-refractivity contribution is 7.13. The Hall–Kier alpha value is -2.67. The lowest BCUT2D eigenvalue weighted by Crippen LogP contribution is -2.12. The molecule has 2 heterocycles. The largest absolute Gasteiger partial charge is 0.496 e. The number of aromatic nitrogens is 2. The SMILES string of the molecule is COc1ccccc1-c1nc(CCC(=O)Nc2cc(C)on2)cs1. The summed E-state index contributed by atoms with van der Waals surface area (Å²) < 4.78 is 10.3. The summed E-state index contributed by atoms with van der Waals surface area (Å²) in [6.07, 6.45) is 0.898. The average molecular weight is 343 g/mol. The number of carbonyl (C=O) groups excluding carboxylic acids is 1. The molecular weight excluding hydrogens is 326 g/mol. The van der Waals surface area contributed by atoms with Crippen LogP contribution in [-0.4, -0.2) is 23.2 Å². The van der Waals surface area contributed by atoms with Crippen LogP contribution in [0.5, 0.6) is 5.75 Å². The molecule has 0 bridgehead atoms. The lowest BCUT2D eigenvalue weighted by atomic mass is 10.2. The number of anilines is 1. The van der Waals surface area contributed by atoms with Gasteiger partial charge >= 0.3 is 0 Å². The molecule has 0 radical (unpaired) electrons. The molecule has 0 saturated carbocycles. The van der Waals surface area contributed by atoms with E-state index < -0.39 is 0 Å². The first kappa shape index (κ1) is 16.2. The maximum absolute atomic E-state index is 11.9. The third-order valence-corrected chi connectivity index (χ3v) is 4.32. The van der Waals surface area contributed by atoms with Gasteiger partial charge in [0.25, 0.3) is 0 Å². The van der Waals surface area contributed by atoms with Crippen molar-refractivity contribution < 1.29 is 14.1 Å². The number of rotatable bonds is 6. The Labute approximate surface area is 143 Å². The lowest BCUT2D eigenvalue weighted by Gasteiger charge is -2.04. The monoisotopic (exact) mass is 343 g/mol. The third-order valence-electron chi connectivity index (χ3n) is 3.39. The molecule has 0 spiro atoms. The Morgan fingerprint density at radius 1 is 1.38 bits per heavy atom. The quantitative estimate of drug-likeness (QED) is 0.738. The molecule has 0 aliphatic carbocycles. The van der Waals surface area contributed by atoms with Gasteiger partial charge in [0.2, 0.25) is 5.91 Å². The lowest BCUT2D eigenvalue weighted by molar-refractivity contribution is -0.116. The maximum atomic E-state index is 11.9. The van der Waals surface area contributed by atoms with E-state index in [4.69, 9.17) is 9.26 Å². The van der Waals surface area contributed by atoms with Gasteiger partial charge in [-0.15, -0.1) is 11.3 Å². The van der Waals surface area contributed by atoms with Crippen molar-refractivity contribution in [2.45, 2.75) is 19.8 Å². The second-order valence-electron chi connectivity index (χ2n) is 5.22. The predicted molar refractivity (Wildman–Crippen MR) is 92.3 cm³/mol. The topological polar surface area (TPSA) is 77.2 Å². The minimum atomic E-state index is -0.116. The van der Waals surface area contributed by atoms with Crippen molar-refractivity contribution >= 4 is 23.1 Å². The fraction of sp³-hybridized carbons (Fsp3) is 0.235. The van der Waals surface area contributed by atoms with Crippen molar-refractivity contribution in [3.05, 3.63) is 47.2 Å². The molecule has 3 rings (SSSR count). The van der Waals surface area contributed by atoms with Gasteiger partial charge in [0.15, 0.2) is 5.82 Å². The fourth-order valence-corrected chi connectivity index (χ4v) is 3.12. The highest BCUT2D eigenvalue weighted by atomic mass is 32.1. The van der Waals surface area contributed by atoms with Gasteiger partial charge in [0.1, 0.15) is 16.5 Å². The number of thiazole rings is 1. The average Bonchev–Trinajstić information content (AvgIpc) is 3.22. The standard InChI is InChI=1S/C17H17N3O3S/c1-11-9-15(20-23-11)19-16(21)8-7-12-10-24-17(18-12)13-5-3-4-6-14(13)22-2/h3-6,9-10H,7-8H2,1-2H3,(H,19,20,21). The molecule has 1 N–H and O–H groups in total. The van der Waals surface area contributed by atoms with Crippen molar-refractivity contribution in [1.29, 1.82) is 0 Å². The number of nitrogens with one attached hydrogen (secondary N) is 1. The third kappa shape index (κ3) is 3.80. The molecule has 0 unspecified atom stereocenters. The number of ether oxygens (including phenoxy) is 1. The van der Waals surface area contributed by atoms with Crippen molar-refractivity contribution in [1.82, 2.24) is 10.1 Å². The molecule has 6 nitrogen and oxygen atoms in total. The highest BCUT2D eigenvalue weighted by Gasteiger charge is 2.11. The molecule has 3 aromatic rings. The van der Waals surface area contributed by atoms with Gasteiger partial charge in [0, 0.05) is 17.9 Å². The molecule has 1 aromatic carbocycles. The molecule has 124 valence electrons. The maximum Gasteiger partial charge on any atom is 0.226 e. The summed E-state index contributed by atoms with van der Waals surface area (Å²) in [5.74, 6) is 1.77. The Kier molecular flexibility index (Phi) is 4.90. The molecule has 7 heteroatoms. The van der Waals surface area contributed by atoms with E-state index in [2.05, 4.69) is 15.5 Å². The van der Waals surface area contributed by atoms with Crippen LogP contribution in [0.4, 0.5) is 5.82 Å². The number of nitrogens with zero attached hydrogens (tertiary/aromatic N) is 2. The summed E-state index contributed by atoms with van der Waals surface area (Å²) in [5, 5.41) is 9.29. The Bertz CT molecular complexity index is 841. The number of aryl methyl sites for hydroxylation is 2. The number of hydrogen-bond acceptors (Lipinski definition) is 6. The van der Waals surface area contributed by atoms with Gasteiger partial charge < -0.3 is 14.6 Å². The van der Waals surface area contributed by atoms with E-state index in [1.165, 1.54) is 0 Å².